The average Bonchev–Trinajstić information content (AvgIpc) is 3.89. The summed E-state index contributed by atoms with van der Waals surface area (Å²) in [6, 6.07) is 10.9. The minimum atomic E-state index is -1.39. The van der Waals surface area contributed by atoms with E-state index in [-0.39, 0.29) is 0 Å². The molecule has 0 aliphatic carbocycles. The van der Waals surface area contributed by atoms with Crippen LogP contribution in [-0.2, 0) is 15.7 Å². The Morgan fingerprint density at radius 2 is 1.98 bits per heavy atom. The molecule has 6 aromatic heterocycles. The SMILES string of the molecule is c1cnnc(C2(C3=NCCO3)N(c3ccon3)N(c3ccsn3)C(c3ccc[nH]3)C2(c2cnccn2)c2nccs2)c1. The van der Waals surface area contributed by atoms with Gasteiger partial charge in [-0.05, 0) is 41.9 Å². The van der Waals surface area contributed by atoms with E-state index in [0.717, 1.165) is 10.7 Å². The first kappa shape index (κ1) is 24.8. The summed E-state index contributed by atoms with van der Waals surface area (Å²) in [5.74, 6) is 1.56. The van der Waals surface area contributed by atoms with Crippen molar-refractivity contribution in [2.75, 3.05) is 23.2 Å². The van der Waals surface area contributed by atoms with Gasteiger partial charge in [-0.15, -0.1) is 11.3 Å². The van der Waals surface area contributed by atoms with Crippen LogP contribution in [0.5, 0.6) is 0 Å². The molecular weight excluding hydrogens is 575 g/mol. The van der Waals surface area contributed by atoms with Crippen LogP contribution in [0.2, 0.25) is 0 Å². The molecule has 13 nitrogen and oxygen atoms in total. The molecule has 3 atom stereocenters. The molecule has 1 N–H and O–H groups in total. The maximum absolute atomic E-state index is 6.49. The van der Waals surface area contributed by atoms with Crippen LogP contribution in [0.4, 0.5) is 11.6 Å². The minimum Gasteiger partial charge on any atom is -0.477 e. The third kappa shape index (κ3) is 3.28. The van der Waals surface area contributed by atoms with Gasteiger partial charge in [-0.3, -0.25) is 15.0 Å². The van der Waals surface area contributed by atoms with Gasteiger partial charge in [-0.25, -0.2) is 15.0 Å². The number of thiazole rings is 1. The van der Waals surface area contributed by atoms with Crippen molar-refractivity contribution in [2.24, 2.45) is 4.99 Å². The second-order valence-corrected chi connectivity index (χ2v) is 11.1. The fourth-order valence-corrected chi connectivity index (χ4v) is 7.63. The number of anilines is 2. The summed E-state index contributed by atoms with van der Waals surface area (Å²) in [5, 5.41) is 22.3. The molecule has 42 heavy (non-hydrogen) atoms. The van der Waals surface area contributed by atoms with Gasteiger partial charge in [0, 0.05) is 59.7 Å². The molecule has 0 spiro atoms. The van der Waals surface area contributed by atoms with Crippen LogP contribution in [0.1, 0.15) is 28.1 Å². The van der Waals surface area contributed by atoms with Crippen molar-refractivity contribution < 1.29 is 9.26 Å². The number of nitrogens with one attached hydrogen (secondary N) is 1. The minimum absolute atomic E-state index is 0.391. The van der Waals surface area contributed by atoms with E-state index in [9.17, 15) is 0 Å². The molecule has 0 bridgehead atoms. The van der Waals surface area contributed by atoms with Crippen molar-refractivity contribution in [3.05, 3.63) is 113 Å². The maximum atomic E-state index is 6.49. The molecule has 2 aliphatic rings. The maximum Gasteiger partial charge on any atom is 0.220 e. The van der Waals surface area contributed by atoms with Crippen LogP contribution in [0.3, 0.4) is 0 Å². The van der Waals surface area contributed by atoms with E-state index in [2.05, 4.69) is 25.2 Å². The predicted octanol–water partition coefficient (Wildman–Crippen LogP) is 3.79. The second kappa shape index (κ2) is 9.81. The summed E-state index contributed by atoms with van der Waals surface area (Å²) in [5.41, 5.74) is -0.565. The Hall–Kier alpha value is -5.02. The van der Waals surface area contributed by atoms with E-state index in [1.54, 1.807) is 37.1 Å². The van der Waals surface area contributed by atoms with E-state index in [0.29, 0.717) is 42.1 Å². The molecule has 3 unspecified atom stereocenters. The van der Waals surface area contributed by atoms with Gasteiger partial charge in [-0.2, -0.15) is 14.6 Å². The summed E-state index contributed by atoms with van der Waals surface area (Å²) in [6.07, 6.45) is 11.9. The van der Waals surface area contributed by atoms with Crippen molar-refractivity contribution >= 4 is 40.4 Å². The first-order valence-electron chi connectivity index (χ1n) is 13.0. The topological polar surface area (TPSA) is 147 Å². The summed E-state index contributed by atoms with van der Waals surface area (Å²) in [6.45, 7) is 0.852. The lowest BCUT2D eigenvalue weighted by atomic mass is 9.61. The van der Waals surface area contributed by atoms with Gasteiger partial charge >= 0.3 is 0 Å². The molecule has 208 valence electrons. The van der Waals surface area contributed by atoms with Gasteiger partial charge in [0.25, 0.3) is 0 Å². The van der Waals surface area contributed by atoms with Crippen molar-refractivity contribution in [2.45, 2.75) is 17.0 Å². The molecule has 0 amide bonds. The van der Waals surface area contributed by atoms with E-state index in [1.165, 1.54) is 29.1 Å². The van der Waals surface area contributed by atoms with Crippen LogP contribution < -0.4 is 10.0 Å². The number of ether oxygens (including phenoxy) is 1. The highest BCUT2D eigenvalue weighted by Crippen LogP contribution is 2.66. The number of H-pyrrole nitrogens is 1. The molecule has 0 saturated carbocycles. The predicted molar refractivity (Wildman–Crippen MR) is 154 cm³/mol. The first-order valence-corrected chi connectivity index (χ1v) is 14.7. The average molecular weight is 596 g/mol. The summed E-state index contributed by atoms with van der Waals surface area (Å²) in [7, 11) is 0. The monoisotopic (exact) mass is 595 g/mol. The summed E-state index contributed by atoms with van der Waals surface area (Å²) >= 11 is 2.85. The van der Waals surface area contributed by atoms with Crippen LogP contribution in [0.25, 0.3) is 0 Å². The van der Waals surface area contributed by atoms with E-state index < -0.39 is 17.0 Å². The van der Waals surface area contributed by atoms with Gasteiger partial charge in [0.1, 0.15) is 35.0 Å². The van der Waals surface area contributed by atoms with Gasteiger partial charge in [0.05, 0.1) is 12.2 Å². The van der Waals surface area contributed by atoms with Gasteiger partial charge in [-0.1, -0.05) is 5.16 Å². The van der Waals surface area contributed by atoms with Crippen LogP contribution in [0.15, 0.2) is 100 Å². The number of aromatic amines is 1. The Kier molecular flexibility index (Phi) is 5.78. The summed E-state index contributed by atoms with van der Waals surface area (Å²) < 4.78 is 16.8. The van der Waals surface area contributed by atoms with Crippen LogP contribution in [0, 0.1) is 0 Å². The Morgan fingerprint density at radius 3 is 2.64 bits per heavy atom. The quantitative estimate of drug-likeness (QED) is 0.287. The molecule has 1 saturated heterocycles. The number of rotatable bonds is 7. The largest absolute Gasteiger partial charge is 0.477 e. The van der Waals surface area contributed by atoms with Gasteiger partial charge < -0.3 is 14.2 Å². The molecule has 1 fully saturated rings. The van der Waals surface area contributed by atoms with Crippen molar-refractivity contribution in [3.63, 3.8) is 0 Å². The van der Waals surface area contributed by atoms with Gasteiger partial charge in [0.15, 0.2) is 11.6 Å². The van der Waals surface area contributed by atoms with E-state index >= 15 is 0 Å². The number of nitrogens with zero attached hydrogens (tertiary/aromatic N) is 10. The highest BCUT2D eigenvalue weighted by atomic mass is 32.1. The van der Waals surface area contributed by atoms with Crippen LogP contribution >= 0.6 is 22.9 Å². The highest BCUT2D eigenvalue weighted by molar-refractivity contribution is 7.09. The van der Waals surface area contributed by atoms with Crippen molar-refractivity contribution in [1.29, 1.82) is 0 Å². The normalized spacial score (nSPS) is 23.7. The Morgan fingerprint density at radius 1 is 0.976 bits per heavy atom. The Balaban J connectivity index is 1.64. The molecule has 8 heterocycles. The number of aliphatic imine (C=N–C) groups is 1. The molecule has 6 aromatic rings. The lowest BCUT2D eigenvalue weighted by molar-refractivity contribution is 0.259. The number of aromatic nitrogens is 8. The highest BCUT2D eigenvalue weighted by Gasteiger charge is 2.78. The second-order valence-electron chi connectivity index (χ2n) is 9.49. The fourth-order valence-electron chi connectivity index (χ4n) is 6.22. The Labute approximate surface area is 246 Å². The standard InChI is InChI=1S/C27H21N11O2S2/c1-3-18(29-7-1)23-26(25-32-12-16-41-25,20-17-28-9-10-30-20)27(24-31-11-14-39-24,19-4-2-8-33-34-19)38(21-5-13-40-35-21)37(23)22-6-15-42-36-22/h1-10,12-13,15-17,23,29H,11,14H2. The zero-order chi connectivity index (χ0) is 28.0. The Bertz CT molecular complexity index is 1780. The van der Waals surface area contributed by atoms with Crippen LogP contribution in [-0.4, -0.2) is 58.7 Å². The lowest BCUT2D eigenvalue weighted by Crippen LogP contribution is -2.62. The third-order valence-electron chi connectivity index (χ3n) is 7.55. The number of hydrogen-bond donors (Lipinski definition) is 1. The molecule has 8 rings (SSSR count). The molecule has 2 aliphatic heterocycles. The first-order chi connectivity index (χ1) is 20.9. The van der Waals surface area contributed by atoms with Gasteiger partial charge in [0.2, 0.25) is 11.4 Å². The molecular formula is C27H21N11O2S2. The fraction of sp³-hybridized carbons (Fsp3) is 0.185. The number of hydrazine groups is 1. The summed E-state index contributed by atoms with van der Waals surface area (Å²) in [4.78, 5) is 23.0. The van der Waals surface area contributed by atoms with E-state index in [1.807, 2.05) is 52.3 Å². The zero-order valence-corrected chi connectivity index (χ0v) is 23.4. The zero-order valence-electron chi connectivity index (χ0n) is 21.8. The van der Waals surface area contributed by atoms with Crippen molar-refractivity contribution in [1.82, 2.24) is 39.7 Å². The van der Waals surface area contributed by atoms with E-state index in [4.69, 9.17) is 33.7 Å². The lowest BCUT2D eigenvalue weighted by Gasteiger charge is -2.45. The smallest absolute Gasteiger partial charge is 0.220 e. The number of hydrogen-bond acceptors (Lipinski definition) is 14. The molecule has 0 aromatic carbocycles. The molecule has 15 heteroatoms. The molecule has 0 radical (unpaired) electrons. The van der Waals surface area contributed by atoms with Crippen molar-refractivity contribution in [3.8, 4) is 0 Å². The third-order valence-corrected chi connectivity index (χ3v) is 9.01.